The van der Waals surface area contributed by atoms with Crippen molar-refractivity contribution in [3.8, 4) is 33.5 Å². The number of aryl methyl sites for hydroxylation is 2. The molecule has 0 saturated heterocycles. The molecule has 1 aliphatic carbocycles. The van der Waals surface area contributed by atoms with Gasteiger partial charge in [-0.1, -0.05) is 65.7 Å². The van der Waals surface area contributed by atoms with Gasteiger partial charge in [0.15, 0.2) is 0 Å². The molecule has 4 aromatic rings. The molecule has 4 nitrogen and oxygen atoms in total. The molecule has 1 fully saturated rings. The average molecular weight is 574 g/mol. The van der Waals surface area contributed by atoms with Gasteiger partial charge in [-0.15, -0.1) is 6.58 Å². The number of nitrogens with one attached hydrogen (secondary N) is 2. The van der Waals surface area contributed by atoms with Crippen LogP contribution >= 0.6 is 23.2 Å². The molecule has 208 valence electrons. The number of rotatable bonds is 12. The van der Waals surface area contributed by atoms with Crippen LogP contribution in [0.2, 0.25) is 10.0 Å². The Morgan fingerprint density at radius 1 is 1.05 bits per heavy atom. The van der Waals surface area contributed by atoms with E-state index in [4.69, 9.17) is 28.2 Å². The maximum Gasteiger partial charge on any atom is 0.0735 e. The van der Waals surface area contributed by atoms with Crippen LogP contribution in [-0.2, 0) is 13.6 Å². The molecule has 1 unspecified atom stereocenters. The summed E-state index contributed by atoms with van der Waals surface area (Å²) < 4.78 is 2.14. The Kier molecular flexibility index (Phi) is 9.12. The van der Waals surface area contributed by atoms with Crippen molar-refractivity contribution in [1.29, 1.82) is 0 Å². The van der Waals surface area contributed by atoms with E-state index in [1.807, 2.05) is 25.3 Å². The van der Waals surface area contributed by atoms with Crippen molar-refractivity contribution in [3.63, 3.8) is 0 Å². The Balaban J connectivity index is 1.43. The summed E-state index contributed by atoms with van der Waals surface area (Å²) in [6.07, 6.45) is 8.48. The van der Waals surface area contributed by atoms with Gasteiger partial charge in [0.1, 0.15) is 0 Å². The van der Waals surface area contributed by atoms with Crippen LogP contribution < -0.4 is 10.6 Å². The second-order valence-corrected chi connectivity index (χ2v) is 11.6. The summed E-state index contributed by atoms with van der Waals surface area (Å²) in [6, 6.07) is 19.3. The van der Waals surface area contributed by atoms with Crippen molar-refractivity contribution in [3.05, 3.63) is 100 Å². The zero-order chi connectivity index (χ0) is 28.2. The largest absolute Gasteiger partial charge is 0.354 e. The standard InChI is InChI=1S/C34H38Cl2N4/c1-5-6-11-27(37-3)19-38-20-30-31(35)18-32(39-34(30)23-14-15-23)29-13-8-12-28(33(29)36)25-10-7-9-24(17-25)26-16-22(2)40(4)21-26/h5,7-10,12-13,16-18,21,23,27,37-38H,1,6,11,14-15,19-20H2,2-4H3. The average Bonchev–Trinajstić information content (AvgIpc) is 3.75. The van der Waals surface area contributed by atoms with Gasteiger partial charge in [-0.2, -0.15) is 0 Å². The fourth-order valence-electron chi connectivity index (χ4n) is 5.26. The minimum Gasteiger partial charge on any atom is -0.354 e. The first kappa shape index (κ1) is 28.6. The maximum absolute atomic E-state index is 7.11. The molecule has 2 aromatic carbocycles. The minimum absolute atomic E-state index is 0.388. The number of aromatic nitrogens is 2. The molecule has 0 bridgehead atoms. The highest BCUT2D eigenvalue weighted by molar-refractivity contribution is 6.36. The third-order valence-corrected chi connectivity index (χ3v) is 8.67. The van der Waals surface area contributed by atoms with E-state index in [2.05, 4.69) is 84.4 Å². The van der Waals surface area contributed by atoms with E-state index in [-0.39, 0.29) is 0 Å². The molecule has 0 radical (unpaired) electrons. The lowest BCUT2D eigenvalue weighted by Crippen LogP contribution is -2.36. The molecule has 5 rings (SSSR count). The molecule has 1 aliphatic rings. The van der Waals surface area contributed by atoms with Gasteiger partial charge >= 0.3 is 0 Å². The summed E-state index contributed by atoms with van der Waals surface area (Å²) in [4.78, 5) is 5.17. The van der Waals surface area contributed by atoms with Gasteiger partial charge in [0.25, 0.3) is 0 Å². The molecule has 1 saturated carbocycles. The second kappa shape index (κ2) is 12.7. The molecule has 2 aromatic heterocycles. The minimum atomic E-state index is 0.388. The van der Waals surface area contributed by atoms with Crippen molar-refractivity contribution in [2.45, 2.75) is 51.1 Å². The number of likely N-dealkylation sites (N-methyl/N-ethyl adjacent to an activating group) is 1. The van der Waals surface area contributed by atoms with Crippen LogP contribution in [0.25, 0.3) is 33.5 Å². The number of halogens is 2. The van der Waals surface area contributed by atoms with Crippen LogP contribution in [0.4, 0.5) is 0 Å². The van der Waals surface area contributed by atoms with E-state index in [1.54, 1.807) is 0 Å². The summed E-state index contributed by atoms with van der Waals surface area (Å²) in [6.45, 7) is 7.52. The summed E-state index contributed by atoms with van der Waals surface area (Å²) in [5.74, 6) is 0.461. The van der Waals surface area contributed by atoms with E-state index >= 15 is 0 Å². The molecule has 6 heteroatoms. The number of hydrogen-bond acceptors (Lipinski definition) is 3. The fourth-order valence-corrected chi connectivity index (χ4v) is 5.86. The predicted octanol–water partition coefficient (Wildman–Crippen LogP) is 8.56. The first-order valence-corrected chi connectivity index (χ1v) is 14.9. The molecule has 0 spiro atoms. The number of nitrogens with zero attached hydrogens (tertiary/aromatic N) is 2. The van der Waals surface area contributed by atoms with Crippen LogP contribution in [0.15, 0.2) is 73.4 Å². The Morgan fingerprint density at radius 2 is 1.80 bits per heavy atom. The third-order valence-electron chi connectivity index (χ3n) is 7.92. The summed E-state index contributed by atoms with van der Waals surface area (Å²) in [5.41, 5.74) is 9.60. The van der Waals surface area contributed by atoms with E-state index in [1.165, 1.54) is 16.8 Å². The lowest BCUT2D eigenvalue weighted by molar-refractivity contribution is 0.482. The summed E-state index contributed by atoms with van der Waals surface area (Å²) in [5, 5.41) is 8.42. The highest BCUT2D eigenvalue weighted by Crippen LogP contribution is 2.44. The highest BCUT2D eigenvalue weighted by Gasteiger charge is 2.29. The summed E-state index contributed by atoms with van der Waals surface area (Å²) in [7, 11) is 4.08. The lowest BCUT2D eigenvalue weighted by Gasteiger charge is -2.18. The monoisotopic (exact) mass is 572 g/mol. The Labute approximate surface area is 248 Å². The van der Waals surface area contributed by atoms with Gasteiger partial charge < -0.3 is 15.2 Å². The van der Waals surface area contributed by atoms with Crippen molar-refractivity contribution in [1.82, 2.24) is 20.2 Å². The smallest absolute Gasteiger partial charge is 0.0735 e. The number of allylic oxidation sites excluding steroid dienone is 1. The predicted molar refractivity (Wildman–Crippen MR) is 170 cm³/mol. The van der Waals surface area contributed by atoms with Gasteiger partial charge in [-0.25, -0.2) is 0 Å². The fraction of sp³-hybridized carbons (Fsp3) is 0.324. The van der Waals surface area contributed by atoms with Crippen LogP contribution in [-0.4, -0.2) is 29.2 Å². The van der Waals surface area contributed by atoms with Gasteiger partial charge in [-0.05, 0) is 74.5 Å². The summed E-state index contributed by atoms with van der Waals surface area (Å²) >= 11 is 14.1. The third kappa shape index (κ3) is 6.37. The van der Waals surface area contributed by atoms with Crippen LogP contribution in [0.1, 0.15) is 48.6 Å². The Morgan fingerprint density at radius 3 is 2.50 bits per heavy atom. The molecule has 40 heavy (non-hydrogen) atoms. The number of pyridine rings is 1. The van der Waals surface area contributed by atoms with E-state index < -0.39 is 0 Å². The zero-order valence-electron chi connectivity index (χ0n) is 23.6. The normalized spacial score (nSPS) is 13.9. The van der Waals surface area contributed by atoms with E-state index in [9.17, 15) is 0 Å². The topological polar surface area (TPSA) is 41.9 Å². The van der Waals surface area contributed by atoms with E-state index in [0.29, 0.717) is 23.5 Å². The molecule has 2 heterocycles. The van der Waals surface area contributed by atoms with Gasteiger partial charge in [-0.3, -0.25) is 4.98 Å². The molecule has 1 atom stereocenters. The van der Waals surface area contributed by atoms with Crippen molar-refractivity contribution in [2.24, 2.45) is 7.05 Å². The lowest BCUT2D eigenvalue weighted by atomic mass is 9.97. The van der Waals surface area contributed by atoms with Crippen molar-refractivity contribution >= 4 is 23.2 Å². The Hall–Kier alpha value is -2.89. The zero-order valence-corrected chi connectivity index (χ0v) is 25.1. The van der Waals surface area contributed by atoms with Crippen LogP contribution in [0.3, 0.4) is 0 Å². The molecular weight excluding hydrogens is 535 g/mol. The molecule has 2 N–H and O–H groups in total. The highest BCUT2D eigenvalue weighted by atomic mass is 35.5. The van der Waals surface area contributed by atoms with Gasteiger partial charge in [0, 0.05) is 65.7 Å². The maximum atomic E-state index is 7.11. The van der Waals surface area contributed by atoms with Crippen LogP contribution in [0, 0.1) is 6.92 Å². The number of hydrogen-bond donors (Lipinski definition) is 2. The first-order valence-electron chi connectivity index (χ1n) is 14.1. The van der Waals surface area contributed by atoms with Crippen molar-refractivity contribution < 1.29 is 0 Å². The molecule has 0 amide bonds. The first-order chi connectivity index (χ1) is 19.4. The van der Waals surface area contributed by atoms with Gasteiger partial charge in [0.05, 0.1) is 16.4 Å². The molecule has 0 aliphatic heterocycles. The van der Waals surface area contributed by atoms with Crippen molar-refractivity contribution in [2.75, 3.05) is 13.6 Å². The van der Waals surface area contributed by atoms with Crippen LogP contribution in [0.5, 0.6) is 0 Å². The SMILES string of the molecule is C=CCCC(CNCc1c(Cl)cc(-c2cccc(-c3cccc(-c4cc(C)n(C)c4)c3)c2Cl)nc1C1CC1)NC. The molecular formula is C34H38Cl2N4. The quantitative estimate of drug-likeness (QED) is 0.167. The number of benzene rings is 2. The second-order valence-electron chi connectivity index (χ2n) is 10.8. The van der Waals surface area contributed by atoms with E-state index in [0.717, 1.165) is 70.9 Å². The van der Waals surface area contributed by atoms with Gasteiger partial charge in [0.2, 0.25) is 0 Å². The Bertz CT molecular complexity index is 1480.